The molecule has 0 aromatic heterocycles. The van der Waals surface area contributed by atoms with Gasteiger partial charge in [0.05, 0.1) is 5.25 Å². The van der Waals surface area contributed by atoms with Crippen LogP contribution in [0.25, 0.3) is 0 Å². The van der Waals surface area contributed by atoms with Crippen molar-refractivity contribution < 1.29 is 8.42 Å². The summed E-state index contributed by atoms with van der Waals surface area (Å²) >= 11 is 0. The quantitative estimate of drug-likeness (QED) is 0.880. The van der Waals surface area contributed by atoms with Gasteiger partial charge in [0.25, 0.3) is 0 Å². The summed E-state index contributed by atoms with van der Waals surface area (Å²) in [6.45, 7) is 2.55. The molecule has 1 fully saturated rings. The summed E-state index contributed by atoms with van der Waals surface area (Å²) in [5.41, 5.74) is 8.02. The molecule has 1 aromatic rings. The number of hydrogen-bond donors (Lipinski definition) is 1. The zero-order chi connectivity index (χ0) is 12.6. The van der Waals surface area contributed by atoms with Crippen LogP contribution in [-0.2, 0) is 16.3 Å². The summed E-state index contributed by atoms with van der Waals surface area (Å²) in [5, 5.41) is -0.278. The fourth-order valence-corrected chi connectivity index (χ4v) is 4.34. The lowest BCUT2D eigenvalue weighted by atomic mass is 10.1. The van der Waals surface area contributed by atoms with Crippen molar-refractivity contribution in [3.63, 3.8) is 0 Å². The van der Waals surface area contributed by atoms with E-state index in [1.54, 1.807) is 0 Å². The van der Waals surface area contributed by atoms with Gasteiger partial charge in [-0.25, -0.2) is 8.42 Å². The van der Waals surface area contributed by atoms with E-state index in [0.717, 1.165) is 12.0 Å². The number of nitrogens with two attached hydrogens (primary N) is 1. The van der Waals surface area contributed by atoms with Crippen LogP contribution < -0.4 is 5.73 Å². The van der Waals surface area contributed by atoms with E-state index in [-0.39, 0.29) is 17.1 Å². The number of rotatable bonds is 4. The summed E-state index contributed by atoms with van der Waals surface area (Å²) in [6, 6.07) is 8.22. The second-order valence-corrected chi connectivity index (χ2v) is 7.02. The van der Waals surface area contributed by atoms with Crippen LogP contribution in [0.3, 0.4) is 0 Å². The third-order valence-electron chi connectivity index (χ3n) is 3.64. The first-order valence-corrected chi connectivity index (χ1v) is 7.92. The van der Waals surface area contributed by atoms with Crippen LogP contribution in [0.2, 0.25) is 0 Å². The van der Waals surface area contributed by atoms with Crippen LogP contribution in [0.4, 0.5) is 0 Å². The Hall–Kier alpha value is -0.870. The molecule has 1 aliphatic rings. The molecule has 0 heterocycles. The zero-order valence-corrected chi connectivity index (χ0v) is 11.1. The molecule has 0 aliphatic heterocycles. The highest BCUT2D eigenvalue weighted by atomic mass is 32.2. The van der Waals surface area contributed by atoms with Crippen LogP contribution in [0.15, 0.2) is 24.3 Å². The molecule has 0 unspecified atom stereocenters. The molecular weight excluding hydrogens is 234 g/mol. The Morgan fingerprint density at radius 1 is 1.24 bits per heavy atom. The Morgan fingerprint density at radius 3 is 2.18 bits per heavy atom. The van der Waals surface area contributed by atoms with Gasteiger partial charge in [-0.15, -0.1) is 0 Å². The Kier molecular flexibility index (Phi) is 3.27. The number of hydrogen-bond acceptors (Lipinski definition) is 3. The van der Waals surface area contributed by atoms with Gasteiger partial charge in [-0.2, -0.15) is 0 Å². The second kappa shape index (κ2) is 4.42. The minimum atomic E-state index is -2.98. The van der Waals surface area contributed by atoms with Gasteiger partial charge in [-0.3, -0.25) is 0 Å². The normalized spacial score (nSPS) is 28.1. The van der Waals surface area contributed by atoms with Crippen LogP contribution in [-0.4, -0.2) is 26.5 Å². The van der Waals surface area contributed by atoms with Crippen molar-refractivity contribution in [2.75, 3.05) is 12.8 Å². The van der Waals surface area contributed by atoms with Crippen molar-refractivity contribution >= 4 is 9.84 Å². The van der Waals surface area contributed by atoms with Crippen molar-refractivity contribution in [1.82, 2.24) is 0 Å². The number of sulfone groups is 1. The maximum atomic E-state index is 11.6. The number of benzene rings is 1. The van der Waals surface area contributed by atoms with E-state index in [2.05, 4.69) is 19.1 Å². The van der Waals surface area contributed by atoms with Crippen LogP contribution in [0.5, 0.6) is 0 Å². The fraction of sp³-hybridized carbons (Fsp3) is 0.538. The topological polar surface area (TPSA) is 60.2 Å². The molecule has 1 aliphatic carbocycles. The number of aryl methyl sites for hydroxylation is 1. The van der Waals surface area contributed by atoms with Crippen molar-refractivity contribution in [3.05, 3.63) is 35.4 Å². The Labute approximate surface area is 103 Å². The van der Waals surface area contributed by atoms with Gasteiger partial charge in [0.1, 0.15) is 0 Å². The lowest BCUT2D eigenvalue weighted by Crippen LogP contribution is -2.11. The molecule has 2 N–H and O–H groups in total. The van der Waals surface area contributed by atoms with E-state index in [4.69, 9.17) is 5.73 Å². The smallest absolute Gasteiger partial charge is 0.151 e. The highest BCUT2D eigenvalue weighted by molar-refractivity contribution is 7.91. The summed E-state index contributed by atoms with van der Waals surface area (Å²) in [7, 11) is -2.98. The van der Waals surface area contributed by atoms with Gasteiger partial charge < -0.3 is 5.73 Å². The molecule has 3 atom stereocenters. The van der Waals surface area contributed by atoms with E-state index in [1.807, 2.05) is 12.1 Å². The van der Waals surface area contributed by atoms with Crippen LogP contribution >= 0.6 is 0 Å². The average molecular weight is 253 g/mol. The predicted octanol–water partition coefficient (Wildman–Crippen LogP) is 1.33. The second-order valence-electron chi connectivity index (χ2n) is 4.81. The highest BCUT2D eigenvalue weighted by Crippen LogP contribution is 2.51. The molecule has 0 amide bonds. The van der Waals surface area contributed by atoms with Crippen molar-refractivity contribution in [1.29, 1.82) is 0 Å². The summed E-state index contributed by atoms with van der Waals surface area (Å²) in [4.78, 5) is 0. The first-order valence-electron chi connectivity index (χ1n) is 5.96. The van der Waals surface area contributed by atoms with Gasteiger partial charge >= 0.3 is 0 Å². The van der Waals surface area contributed by atoms with E-state index >= 15 is 0 Å². The first-order chi connectivity index (χ1) is 7.99. The SMILES string of the molecule is CCc1ccc([C@H]2[C@@H](CN)[C@@H]2S(C)(=O)=O)cc1. The minimum Gasteiger partial charge on any atom is -0.330 e. The molecule has 3 nitrogen and oxygen atoms in total. The molecule has 0 saturated heterocycles. The molecule has 0 spiro atoms. The Morgan fingerprint density at radius 2 is 1.82 bits per heavy atom. The maximum absolute atomic E-state index is 11.6. The molecule has 0 bridgehead atoms. The minimum absolute atomic E-state index is 0.0949. The third-order valence-corrected chi connectivity index (χ3v) is 5.27. The molecule has 0 radical (unpaired) electrons. The Balaban J connectivity index is 2.23. The molecular formula is C13H19NO2S. The lowest BCUT2D eigenvalue weighted by Gasteiger charge is -2.01. The fourth-order valence-electron chi connectivity index (χ4n) is 2.62. The standard InChI is InChI=1S/C13H19NO2S/c1-3-9-4-6-10(7-5-9)12-11(8-14)13(12)17(2,15)16/h4-7,11-13H,3,8,14H2,1-2H3/t11-,12+,13+/m1/s1. The van der Waals surface area contributed by atoms with Gasteiger partial charge in [0, 0.05) is 12.2 Å². The molecule has 4 heteroatoms. The Bertz CT molecular complexity index is 493. The molecule has 2 rings (SSSR count). The van der Waals surface area contributed by atoms with Crippen molar-refractivity contribution in [3.8, 4) is 0 Å². The van der Waals surface area contributed by atoms with E-state index in [9.17, 15) is 8.42 Å². The van der Waals surface area contributed by atoms with E-state index in [0.29, 0.717) is 6.54 Å². The average Bonchev–Trinajstić information content (AvgIpc) is 3.03. The first kappa shape index (κ1) is 12.6. The molecule has 1 aromatic carbocycles. The molecule has 17 heavy (non-hydrogen) atoms. The lowest BCUT2D eigenvalue weighted by molar-refractivity contribution is 0.597. The van der Waals surface area contributed by atoms with Gasteiger partial charge in [-0.05, 0) is 30.0 Å². The van der Waals surface area contributed by atoms with Gasteiger partial charge in [0.15, 0.2) is 9.84 Å². The van der Waals surface area contributed by atoms with Gasteiger partial charge in [-0.1, -0.05) is 31.2 Å². The predicted molar refractivity (Wildman–Crippen MR) is 69.7 cm³/mol. The largest absolute Gasteiger partial charge is 0.330 e. The zero-order valence-electron chi connectivity index (χ0n) is 10.3. The van der Waals surface area contributed by atoms with Crippen LogP contribution in [0, 0.1) is 5.92 Å². The summed E-state index contributed by atoms with van der Waals surface area (Å²) in [5.74, 6) is 0.193. The highest BCUT2D eigenvalue weighted by Gasteiger charge is 2.55. The van der Waals surface area contributed by atoms with E-state index in [1.165, 1.54) is 11.8 Å². The summed E-state index contributed by atoms with van der Waals surface area (Å²) < 4.78 is 23.2. The molecule has 94 valence electrons. The monoisotopic (exact) mass is 253 g/mol. The maximum Gasteiger partial charge on any atom is 0.151 e. The molecule has 1 saturated carbocycles. The van der Waals surface area contributed by atoms with E-state index < -0.39 is 9.84 Å². The van der Waals surface area contributed by atoms with Crippen molar-refractivity contribution in [2.24, 2.45) is 11.7 Å². The summed E-state index contributed by atoms with van der Waals surface area (Å²) in [6.07, 6.45) is 2.31. The third kappa shape index (κ3) is 2.38. The van der Waals surface area contributed by atoms with Gasteiger partial charge in [0.2, 0.25) is 0 Å². The van der Waals surface area contributed by atoms with Crippen LogP contribution in [0.1, 0.15) is 24.0 Å². The van der Waals surface area contributed by atoms with Crippen molar-refractivity contribution in [2.45, 2.75) is 24.5 Å².